The molecule has 0 amide bonds. The van der Waals surface area contributed by atoms with E-state index in [4.69, 9.17) is 10.5 Å². The fraction of sp³-hybridized carbons (Fsp3) is 0. The minimum absolute atomic E-state index is 0.0581. The molecular weight excluding hydrogens is 262 g/mol. The van der Waals surface area contributed by atoms with Crippen LogP contribution in [0.2, 0.25) is 0 Å². The Bertz CT molecular complexity index is 1110. The van der Waals surface area contributed by atoms with Gasteiger partial charge in [-0.05, 0) is 18.2 Å². The zero-order valence-corrected chi connectivity index (χ0v) is 10.8. The predicted octanol–water partition coefficient (Wildman–Crippen LogP) is 3.01. The molecule has 2 heterocycles. The molecule has 4 aromatic rings. The number of nitrogens with zero attached hydrogens (tertiary/aromatic N) is 4. The predicted molar refractivity (Wildman–Crippen MR) is 78.3 cm³/mol. The van der Waals surface area contributed by atoms with Crippen LogP contribution in [0, 0.1) is 22.7 Å². The van der Waals surface area contributed by atoms with E-state index in [0.717, 1.165) is 21.8 Å². The molecule has 0 radical (unpaired) electrons. The number of fused-ring (bicyclic) bond motifs is 5. The van der Waals surface area contributed by atoms with Crippen LogP contribution in [0.15, 0.2) is 36.4 Å². The highest BCUT2D eigenvalue weighted by molar-refractivity contribution is 6.18. The zero-order valence-electron chi connectivity index (χ0n) is 10.8. The molecule has 0 aliphatic carbocycles. The van der Waals surface area contributed by atoms with Gasteiger partial charge in [-0.1, -0.05) is 18.2 Å². The van der Waals surface area contributed by atoms with Crippen LogP contribution in [-0.4, -0.2) is 15.0 Å². The lowest BCUT2D eigenvalue weighted by atomic mass is 10.1. The van der Waals surface area contributed by atoms with Crippen LogP contribution in [-0.2, 0) is 0 Å². The molecule has 2 aromatic carbocycles. The smallest absolute Gasteiger partial charge is 0.177 e. The van der Waals surface area contributed by atoms with E-state index >= 15 is 0 Å². The normalized spacial score (nSPS) is 10.8. The molecule has 4 rings (SSSR count). The third-order valence-electron chi connectivity index (χ3n) is 3.51. The number of aromatic amines is 1. The second-order valence-electron chi connectivity index (χ2n) is 4.67. The molecule has 96 valence electrons. The first-order valence-corrected chi connectivity index (χ1v) is 6.33. The van der Waals surface area contributed by atoms with Gasteiger partial charge in [0.25, 0.3) is 0 Å². The van der Waals surface area contributed by atoms with Gasteiger partial charge in [-0.25, -0.2) is 9.97 Å². The number of hydrogen-bond acceptors (Lipinski definition) is 4. The van der Waals surface area contributed by atoms with Gasteiger partial charge >= 0.3 is 0 Å². The maximum absolute atomic E-state index is 9.13. The molecule has 0 fully saturated rings. The summed E-state index contributed by atoms with van der Waals surface area (Å²) >= 11 is 0. The van der Waals surface area contributed by atoms with Crippen molar-refractivity contribution in [3.05, 3.63) is 47.8 Å². The summed E-state index contributed by atoms with van der Waals surface area (Å²) in [5, 5.41) is 20.1. The van der Waals surface area contributed by atoms with Gasteiger partial charge in [-0.3, -0.25) is 0 Å². The van der Waals surface area contributed by atoms with Crippen molar-refractivity contribution in [2.45, 2.75) is 0 Å². The monoisotopic (exact) mass is 269 g/mol. The van der Waals surface area contributed by atoms with Gasteiger partial charge in [0.2, 0.25) is 0 Å². The Balaban J connectivity index is 2.28. The molecule has 0 atom stereocenters. The molecule has 0 aliphatic heterocycles. The van der Waals surface area contributed by atoms with E-state index in [-0.39, 0.29) is 11.4 Å². The Morgan fingerprint density at radius 3 is 2.43 bits per heavy atom. The Hall–Kier alpha value is -3.44. The van der Waals surface area contributed by atoms with Crippen molar-refractivity contribution in [3.63, 3.8) is 0 Å². The molecule has 21 heavy (non-hydrogen) atoms. The van der Waals surface area contributed by atoms with Crippen molar-refractivity contribution in [2.75, 3.05) is 0 Å². The summed E-state index contributed by atoms with van der Waals surface area (Å²) in [7, 11) is 0. The molecule has 5 heteroatoms. The molecule has 0 saturated heterocycles. The second kappa shape index (κ2) is 4.03. The van der Waals surface area contributed by atoms with Crippen molar-refractivity contribution in [2.24, 2.45) is 0 Å². The highest BCUT2D eigenvalue weighted by atomic mass is 14.8. The second-order valence-corrected chi connectivity index (χ2v) is 4.67. The van der Waals surface area contributed by atoms with Gasteiger partial charge in [0, 0.05) is 21.8 Å². The minimum atomic E-state index is 0.0581. The average Bonchev–Trinajstić information content (AvgIpc) is 2.92. The number of nitrogens with one attached hydrogen (secondary N) is 1. The Labute approximate surface area is 119 Å². The summed E-state index contributed by atoms with van der Waals surface area (Å²) in [6, 6.07) is 15.5. The average molecular weight is 269 g/mol. The van der Waals surface area contributed by atoms with Crippen LogP contribution in [0.25, 0.3) is 32.8 Å². The molecule has 0 unspecified atom stereocenters. The van der Waals surface area contributed by atoms with E-state index in [9.17, 15) is 0 Å². The topological polar surface area (TPSA) is 89.2 Å². The van der Waals surface area contributed by atoms with E-state index in [1.54, 1.807) is 0 Å². The lowest BCUT2D eigenvalue weighted by molar-refractivity contribution is 1.20. The van der Waals surface area contributed by atoms with E-state index in [2.05, 4.69) is 15.0 Å². The van der Waals surface area contributed by atoms with E-state index in [0.29, 0.717) is 11.0 Å². The maximum Gasteiger partial charge on any atom is 0.177 e. The van der Waals surface area contributed by atoms with Gasteiger partial charge in [0.05, 0.1) is 5.52 Å². The van der Waals surface area contributed by atoms with Crippen molar-refractivity contribution in [1.29, 1.82) is 10.5 Å². The fourth-order valence-electron chi connectivity index (χ4n) is 2.61. The van der Waals surface area contributed by atoms with Crippen molar-refractivity contribution >= 4 is 32.8 Å². The van der Waals surface area contributed by atoms with Gasteiger partial charge in [0.1, 0.15) is 17.7 Å². The Morgan fingerprint density at radius 2 is 1.62 bits per heavy atom. The largest absolute Gasteiger partial charge is 0.354 e. The van der Waals surface area contributed by atoms with Crippen molar-refractivity contribution in [3.8, 4) is 12.1 Å². The molecule has 0 spiro atoms. The first kappa shape index (κ1) is 11.4. The van der Waals surface area contributed by atoms with Crippen LogP contribution in [0.3, 0.4) is 0 Å². The van der Waals surface area contributed by atoms with Crippen LogP contribution in [0.5, 0.6) is 0 Å². The first-order chi connectivity index (χ1) is 10.3. The summed E-state index contributed by atoms with van der Waals surface area (Å²) in [5.74, 6) is 0. The molecule has 0 bridgehead atoms. The summed E-state index contributed by atoms with van der Waals surface area (Å²) in [5.41, 5.74) is 3.31. The lowest BCUT2D eigenvalue weighted by Gasteiger charge is -2.01. The Morgan fingerprint density at radius 1 is 0.857 bits per heavy atom. The molecule has 2 aromatic heterocycles. The van der Waals surface area contributed by atoms with E-state index in [1.807, 2.05) is 48.5 Å². The summed E-state index contributed by atoms with van der Waals surface area (Å²) in [4.78, 5) is 11.9. The SMILES string of the molecule is N#Cc1nc2ccc3[nH]c4ccccc4c3c2nc1C#N. The lowest BCUT2D eigenvalue weighted by Crippen LogP contribution is -1.95. The van der Waals surface area contributed by atoms with Gasteiger partial charge in [0.15, 0.2) is 11.4 Å². The van der Waals surface area contributed by atoms with E-state index < -0.39 is 0 Å². The van der Waals surface area contributed by atoms with Gasteiger partial charge in [-0.2, -0.15) is 10.5 Å². The number of hydrogen-bond donors (Lipinski definition) is 1. The van der Waals surface area contributed by atoms with Gasteiger partial charge in [-0.15, -0.1) is 0 Å². The zero-order chi connectivity index (χ0) is 14.4. The van der Waals surface area contributed by atoms with Crippen LogP contribution < -0.4 is 0 Å². The highest BCUT2D eigenvalue weighted by Crippen LogP contribution is 2.30. The summed E-state index contributed by atoms with van der Waals surface area (Å²) in [6.07, 6.45) is 0. The van der Waals surface area contributed by atoms with Crippen molar-refractivity contribution < 1.29 is 0 Å². The van der Waals surface area contributed by atoms with Crippen molar-refractivity contribution in [1.82, 2.24) is 15.0 Å². The minimum Gasteiger partial charge on any atom is -0.354 e. The summed E-state index contributed by atoms with van der Waals surface area (Å²) in [6.45, 7) is 0. The third kappa shape index (κ3) is 1.49. The molecule has 5 nitrogen and oxygen atoms in total. The summed E-state index contributed by atoms with van der Waals surface area (Å²) < 4.78 is 0. The first-order valence-electron chi connectivity index (χ1n) is 6.33. The number of aromatic nitrogens is 3. The molecule has 1 N–H and O–H groups in total. The molecule has 0 aliphatic rings. The maximum atomic E-state index is 9.13. The quantitative estimate of drug-likeness (QED) is 0.531. The fourth-order valence-corrected chi connectivity index (χ4v) is 2.61. The van der Waals surface area contributed by atoms with Gasteiger partial charge < -0.3 is 4.98 Å². The Kier molecular flexibility index (Phi) is 2.18. The van der Waals surface area contributed by atoms with Crippen LogP contribution >= 0.6 is 0 Å². The van der Waals surface area contributed by atoms with Crippen LogP contribution in [0.1, 0.15) is 11.4 Å². The van der Waals surface area contributed by atoms with Crippen LogP contribution in [0.4, 0.5) is 0 Å². The highest BCUT2D eigenvalue weighted by Gasteiger charge is 2.13. The standard InChI is InChI=1S/C16H7N5/c17-7-13-14(8-18)21-16-12(20-13)6-5-11-15(16)9-3-1-2-4-10(9)19-11/h1-6,19H. The third-order valence-corrected chi connectivity index (χ3v) is 3.51. The number of para-hydroxylation sites is 1. The number of nitriles is 2. The number of H-pyrrole nitrogens is 1. The van der Waals surface area contributed by atoms with E-state index in [1.165, 1.54) is 0 Å². The molecule has 0 saturated carbocycles. The number of benzene rings is 2. The molecular formula is C16H7N5. The number of rotatable bonds is 0.